The molecular formula is C13H21N3. The second-order valence-electron chi connectivity index (χ2n) is 4.38. The van der Waals surface area contributed by atoms with Crippen molar-refractivity contribution < 1.29 is 0 Å². The van der Waals surface area contributed by atoms with Crippen LogP contribution in [0.15, 0.2) is 24.5 Å². The normalized spacial score (nSPS) is 19.6. The van der Waals surface area contributed by atoms with Gasteiger partial charge in [-0.1, -0.05) is 19.4 Å². The fourth-order valence-electron chi connectivity index (χ4n) is 2.40. The Kier molecular flexibility index (Phi) is 4.31. The number of rotatable bonds is 4. The smallest absolute Gasteiger partial charge is 0.0364 e. The van der Waals surface area contributed by atoms with Gasteiger partial charge in [0.25, 0.3) is 0 Å². The Hall–Kier alpha value is -0.930. The summed E-state index contributed by atoms with van der Waals surface area (Å²) in [6.45, 7) is 6.78. The van der Waals surface area contributed by atoms with Crippen molar-refractivity contribution in [3.05, 3.63) is 30.1 Å². The summed E-state index contributed by atoms with van der Waals surface area (Å²) in [7, 11) is 0. The Morgan fingerprint density at radius 2 is 2.25 bits per heavy atom. The predicted molar refractivity (Wildman–Crippen MR) is 66.3 cm³/mol. The lowest BCUT2D eigenvalue weighted by Gasteiger charge is -2.35. The van der Waals surface area contributed by atoms with Gasteiger partial charge in [-0.2, -0.15) is 0 Å². The molecular weight excluding hydrogens is 198 g/mol. The van der Waals surface area contributed by atoms with Crippen molar-refractivity contribution in [1.29, 1.82) is 0 Å². The molecule has 2 heterocycles. The number of piperazine rings is 1. The highest BCUT2D eigenvalue weighted by molar-refractivity contribution is 5.14. The molecule has 88 valence electrons. The van der Waals surface area contributed by atoms with Crippen molar-refractivity contribution >= 4 is 0 Å². The highest BCUT2D eigenvalue weighted by atomic mass is 15.2. The van der Waals surface area contributed by atoms with Gasteiger partial charge in [0, 0.05) is 44.6 Å². The first-order chi connectivity index (χ1) is 7.92. The van der Waals surface area contributed by atoms with Gasteiger partial charge in [0.15, 0.2) is 0 Å². The summed E-state index contributed by atoms with van der Waals surface area (Å²) in [5, 5.41) is 3.41. The van der Waals surface area contributed by atoms with E-state index in [2.05, 4.69) is 28.2 Å². The van der Waals surface area contributed by atoms with Crippen LogP contribution in [-0.4, -0.2) is 36.1 Å². The zero-order chi connectivity index (χ0) is 11.2. The van der Waals surface area contributed by atoms with Crippen LogP contribution in [0.3, 0.4) is 0 Å². The van der Waals surface area contributed by atoms with Crippen LogP contribution in [0.1, 0.15) is 31.4 Å². The molecule has 16 heavy (non-hydrogen) atoms. The van der Waals surface area contributed by atoms with Crippen LogP contribution in [-0.2, 0) is 0 Å². The summed E-state index contributed by atoms with van der Waals surface area (Å²) in [6.07, 6.45) is 6.32. The molecule has 1 aromatic rings. The van der Waals surface area contributed by atoms with E-state index in [1.807, 2.05) is 18.5 Å². The fourth-order valence-corrected chi connectivity index (χ4v) is 2.40. The van der Waals surface area contributed by atoms with E-state index in [1.54, 1.807) is 0 Å². The fraction of sp³-hybridized carbons (Fsp3) is 0.615. The molecule has 1 aliphatic rings. The summed E-state index contributed by atoms with van der Waals surface area (Å²) in [5.41, 5.74) is 1.37. The minimum Gasteiger partial charge on any atom is -0.314 e. The summed E-state index contributed by atoms with van der Waals surface area (Å²) >= 11 is 0. The van der Waals surface area contributed by atoms with Crippen molar-refractivity contribution in [2.75, 3.05) is 26.2 Å². The Labute approximate surface area is 97.9 Å². The Balaban J connectivity index is 2.09. The van der Waals surface area contributed by atoms with E-state index in [-0.39, 0.29) is 0 Å². The number of aromatic nitrogens is 1. The number of nitrogens with one attached hydrogen (secondary N) is 1. The molecule has 1 atom stereocenters. The Morgan fingerprint density at radius 3 is 2.88 bits per heavy atom. The lowest BCUT2D eigenvalue weighted by atomic mass is 10.0. The summed E-state index contributed by atoms with van der Waals surface area (Å²) < 4.78 is 0. The van der Waals surface area contributed by atoms with E-state index in [9.17, 15) is 0 Å². The van der Waals surface area contributed by atoms with Gasteiger partial charge in [0.2, 0.25) is 0 Å². The predicted octanol–water partition coefficient (Wildman–Crippen LogP) is 1.83. The number of hydrogen-bond donors (Lipinski definition) is 1. The van der Waals surface area contributed by atoms with Crippen molar-refractivity contribution in [3.63, 3.8) is 0 Å². The first-order valence-corrected chi connectivity index (χ1v) is 6.26. The van der Waals surface area contributed by atoms with E-state index in [4.69, 9.17) is 0 Å². The van der Waals surface area contributed by atoms with Crippen molar-refractivity contribution in [2.24, 2.45) is 0 Å². The van der Waals surface area contributed by atoms with Crippen LogP contribution in [0.4, 0.5) is 0 Å². The molecule has 0 aliphatic carbocycles. The third-order valence-corrected chi connectivity index (χ3v) is 3.22. The molecule has 2 rings (SSSR count). The molecule has 3 nitrogen and oxygen atoms in total. The van der Waals surface area contributed by atoms with E-state index in [0.29, 0.717) is 6.04 Å². The third-order valence-electron chi connectivity index (χ3n) is 3.22. The first-order valence-electron chi connectivity index (χ1n) is 6.26. The number of pyridine rings is 1. The molecule has 1 saturated heterocycles. The molecule has 1 aromatic heterocycles. The van der Waals surface area contributed by atoms with Crippen molar-refractivity contribution in [3.8, 4) is 0 Å². The zero-order valence-electron chi connectivity index (χ0n) is 10.0. The summed E-state index contributed by atoms with van der Waals surface area (Å²) in [4.78, 5) is 6.82. The summed E-state index contributed by atoms with van der Waals surface area (Å²) in [5.74, 6) is 0. The van der Waals surface area contributed by atoms with Crippen molar-refractivity contribution in [1.82, 2.24) is 15.2 Å². The van der Waals surface area contributed by atoms with Gasteiger partial charge in [0.1, 0.15) is 0 Å². The van der Waals surface area contributed by atoms with Gasteiger partial charge in [-0.25, -0.2) is 0 Å². The number of nitrogens with zero attached hydrogens (tertiary/aromatic N) is 2. The summed E-state index contributed by atoms with van der Waals surface area (Å²) in [6, 6.07) is 4.80. The van der Waals surface area contributed by atoms with Gasteiger partial charge >= 0.3 is 0 Å². The molecule has 0 saturated carbocycles. The quantitative estimate of drug-likeness (QED) is 0.837. The highest BCUT2D eigenvalue weighted by Gasteiger charge is 2.21. The molecule has 1 fully saturated rings. The topological polar surface area (TPSA) is 28.2 Å². The van der Waals surface area contributed by atoms with Gasteiger partial charge in [0.05, 0.1) is 0 Å². The first kappa shape index (κ1) is 11.6. The molecule has 0 unspecified atom stereocenters. The minimum absolute atomic E-state index is 0.556. The average Bonchev–Trinajstić information content (AvgIpc) is 2.38. The van der Waals surface area contributed by atoms with E-state index in [0.717, 1.165) is 26.2 Å². The van der Waals surface area contributed by atoms with Crippen LogP contribution in [0, 0.1) is 0 Å². The Bertz CT molecular complexity index is 293. The maximum atomic E-state index is 4.24. The molecule has 0 aromatic carbocycles. The largest absolute Gasteiger partial charge is 0.314 e. The third kappa shape index (κ3) is 2.80. The van der Waals surface area contributed by atoms with E-state index in [1.165, 1.54) is 18.4 Å². The standard InChI is InChI=1S/C13H21N3/c1-2-4-13(12-5-3-6-15-11-12)16-9-7-14-8-10-16/h3,5-6,11,13-14H,2,4,7-10H2,1H3/t13-/m0/s1. The van der Waals surface area contributed by atoms with Crippen LogP contribution in [0.25, 0.3) is 0 Å². The lowest BCUT2D eigenvalue weighted by Crippen LogP contribution is -2.45. The van der Waals surface area contributed by atoms with Crippen LogP contribution < -0.4 is 5.32 Å². The average molecular weight is 219 g/mol. The van der Waals surface area contributed by atoms with E-state index < -0.39 is 0 Å². The van der Waals surface area contributed by atoms with Gasteiger partial charge < -0.3 is 5.32 Å². The second kappa shape index (κ2) is 5.97. The van der Waals surface area contributed by atoms with Gasteiger partial charge in [-0.05, 0) is 18.1 Å². The van der Waals surface area contributed by atoms with Gasteiger partial charge in [-0.3, -0.25) is 9.88 Å². The maximum absolute atomic E-state index is 4.24. The SMILES string of the molecule is CCC[C@@H](c1cccnc1)N1CCNCC1. The van der Waals surface area contributed by atoms with Gasteiger partial charge in [-0.15, -0.1) is 0 Å². The molecule has 3 heteroatoms. The number of hydrogen-bond acceptors (Lipinski definition) is 3. The second-order valence-corrected chi connectivity index (χ2v) is 4.38. The maximum Gasteiger partial charge on any atom is 0.0364 e. The molecule has 0 spiro atoms. The molecule has 0 amide bonds. The molecule has 1 aliphatic heterocycles. The minimum atomic E-state index is 0.556. The molecule has 1 N–H and O–H groups in total. The molecule has 0 bridgehead atoms. The van der Waals surface area contributed by atoms with Crippen LogP contribution in [0.2, 0.25) is 0 Å². The van der Waals surface area contributed by atoms with Crippen LogP contribution in [0.5, 0.6) is 0 Å². The monoisotopic (exact) mass is 219 g/mol. The van der Waals surface area contributed by atoms with Crippen molar-refractivity contribution in [2.45, 2.75) is 25.8 Å². The highest BCUT2D eigenvalue weighted by Crippen LogP contribution is 2.24. The van der Waals surface area contributed by atoms with Crippen LogP contribution >= 0.6 is 0 Å². The Morgan fingerprint density at radius 1 is 1.44 bits per heavy atom. The lowest BCUT2D eigenvalue weighted by molar-refractivity contribution is 0.164. The zero-order valence-corrected chi connectivity index (χ0v) is 10.0. The molecule has 0 radical (unpaired) electrons. The van der Waals surface area contributed by atoms with E-state index >= 15 is 0 Å².